The van der Waals surface area contributed by atoms with Crippen molar-refractivity contribution in [3.8, 4) is 0 Å². The molecular weight excluding hydrogens is 144 g/mol. The molecule has 0 radical (unpaired) electrons. The first-order chi connectivity index (χ1) is 5.11. The number of imide groups is 1. The standard InChI is InChI=1S/C7H10N2O2/c1-4(8)5-2-3-6(10)9-7(5)11/h2-3,8H2,1H3,(H,9,10,11). The van der Waals surface area contributed by atoms with Crippen molar-refractivity contribution >= 4 is 11.8 Å². The van der Waals surface area contributed by atoms with Crippen molar-refractivity contribution in [1.82, 2.24) is 5.32 Å². The normalized spacial score (nSPS) is 23.0. The molecule has 0 aromatic rings. The average Bonchev–Trinajstić information content (AvgIpc) is 1.85. The van der Waals surface area contributed by atoms with Crippen molar-refractivity contribution in [2.75, 3.05) is 0 Å². The fraction of sp³-hybridized carbons (Fsp3) is 0.429. The molecule has 11 heavy (non-hydrogen) atoms. The van der Waals surface area contributed by atoms with E-state index in [0.29, 0.717) is 24.1 Å². The predicted octanol–water partition coefficient (Wildman–Crippen LogP) is -0.344. The number of allylic oxidation sites excluding steroid dienone is 1. The van der Waals surface area contributed by atoms with Crippen LogP contribution in [0.1, 0.15) is 19.8 Å². The zero-order valence-corrected chi connectivity index (χ0v) is 6.31. The summed E-state index contributed by atoms with van der Waals surface area (Å²) in [7, 11) is 0. The van der Waals surface area contributed by atoms with Gasteiger partial charge in [-0.2, -0.15) is 0 Å². The lowest BCUT2D eigenvalue weighted by atomic mass is 10.0. The van der Waals surface area contributed by atoms with Gasteiger partial charge in [-0.3, -0.25) is 14.9 Å². The molecule has 0 saturated carbocycles. The molecule has 1 heterocycles. The molecule has 0 spiro atoms. The van der Waals surface area contributed by atoms with E-state index >= 15 is 0 Å². The number of carbonyl (C=O) groups excluding carboxylic acids is 2. The number of hydrogen-bond acceptors (Lipinski definition) is 3. The highest BCUT2D eigenvalue weighted by Crippen LogP contribution is 2.12. The van der Waals surface area contributed by atoms with E-state index in [9.17, 15) is 9.59 Å². The number of hydrogen-bond donors (Lipinski definition) is 2. The Labute approximate surface area is 64.4 Å². The van der Waals surface area contributed by atoms with E-state index in [4.69, 9.17) is 5.73 Å². The van der Waals surface area contributed by atoms with Gasteiger partial charge in [0.15, 0.2) is 0 Å². The number of nitrogens with one attached hydrogen (secondary N) is 1. The largest absolute Gasteiger partial charge is 0.402 e. The zero-order chi connectivity index (χ0) is 8.43. The van der Waals surface area contributed by atoms with Crippen molar-refractivity contribution in [1.29, 1.82) is 0 Å². The average molecular weight is 154 g/mol. The molecule has 0 aromatic heterocycles. The molecule has 60 valence electrons. The first kappa shape index (κ1) is 7.78. The van der Waals surface area contributed by atoms with Crippen molar-refractivity contribution in [2.45, 2.75) is 19.8 Å². The summed E-state index contributed by atoms with van der Waals surface area (Å²) in [6.07, 6.45) is 0.822. The highest BCUT2D eigenvalue weighted by molar-refractivity contribution is 6.07. The van der Waals surface area contributed by atoms with Gasteiger partial charge in [-0.1, -0.05) is 0 Å². The Morgan fingerprint density at radius 3 is 2.55 bits per heavy atom. The lowest BCUT2D eigenvalue weighted by molar-refractivity contribution is -0.130. The predicted molar refractivity (Wildman–Crippen MR) is 39.3 cm³/mol. The Morgan fingerprint density at radius 2 is 2.09 bits per heavy atom. The molecule has 0 atom stereocenters. The molecule has 0 unspecified atom stereocenters. The van der Waals surface area contributed by atoms with E-state index < -0.39 is 0 Å². The van der Waals surface area contributed by atoms with Crippen LogP contribution in [-0.2, 0) is 9.59 Å². The number of carbonyl (C=O) groups is 2. The van der Waals surface area contributed by atoms with Gasteiger partial charge >= 0.3 is 0 Å². The van der Waals surface area contributed by atoms with Gasteiger partial charge in [-0.05, 0) is 13.3 Å². The monoisotopic (exact) mass is 154 g/mol. The molecule has 1 saturated heterocycles. The lowest BCUT2D eigenvalue weighted by Gasteiger charge is -2.14. The van der Waals surface area contributed by atoms with Crippen LogP contribution in [0.15, 0.2) is 11.3 Å². The maximum absolute atomic E-state index is 11.0. The first-order valence-electron chi connectivity index (χ1n) is 3.40. The summed E-state index contributed by atoms with van der Waals surface area (Å²) in [4.78, 5) is 21.6. The summed E-state index contributed by atoms with van der Waals surface area (Å²) >= 11 is 0. The van der Waals surface area contributed by atoms with Gasteiger partial charge in [0, 0.05) is 17.7 Å². The third-order valence-electron chi connectivity index (χ3n) is 1.61. The molecule has 3 N–H and O–H groups in total. The molecule has 0 aromatic carbocycles. The van der Waals surface area contributed by atoms with Crippen LogP contribution in [0.5, 0.6) is 0 Å². The molecule has 4 nitrogen and oxygen atoms in total. The molecular formula is C7H10N2O2. The van der Waals surface area contributed by atoms with Gasteiger partial charge in [0.1, 0.15) is 0 Å². The van der Waals surface area contributed by atoms with Crippen LogP contribution in [0.4, 0.5) is 0 Å². The van der Waals surface area contributed by atoms with Crippen molar-refractivity contribution in [3.05, 3.63) is 11.3 Å². The number of amides is 2. The van der Waals surface area contributed by atoms with Crippen molar-refractivity contribution in [3.63, 3.8) is 0 Å². The number of piperidine rings is 1. The SMILES string of the molecule is CC(N)=C1CCC(=O)NC1=O. The van der Waals surface area contributed by atoms with Gasteiger partial charge < -0.3 is 5.73 Å². The highest BCUT2D eigenvalue weighted by atomic mass is 16.2. The van der Waals surface area contributed by atoms with Crippen LogP contribution >= 0.6 is 0 Å². The minimum atomic E-state index is -0.346. The summed E-state index contributed by atoms with van der Waals surface area (Å²) in [5.74, 6) is -0.568. The number of rotatable bonds is 0. The van der Waals surface area contributed by atoms with E-state index in [-0.39, 0.29) is 11.8 Å². The van der Waals surface area contributed by atoms with Gasteiger partial charge in [0.25, 0.3) is 5.91 Å². The summed E-state index contributed by atoms with van der Waals surface area (Å²) in [5.41, 5.74) is 6.44. The topological polar surface area (TPSA) is 72.2 Å². The van der Waals surface area contributed by atoms with Gasteiger partial charge in [-0.15, -0.1) is 0 Å². The third-order valence-corrected chi connectivity index (χ3v) is 1.61. The highest BCUT2D eigenvalue weighted by Gasteiger charge is 2.20. The zero-order valence-electron chi connectivity index (χ0n) is 6.31. The van der Waals surface area contributed by atoms with Crippen LogP contribution in [-0.4, -0.2) is 11.8 Å². The second-order valence-electron chi connectivity index (χ2n) is 2.54. The van der Waals surface area contributed by atoms with E-state index in [2.05, 4.69) is 5.32 Å². The minimum absolute atomic E-state index is 0.222. The summed E-state index contributed by atoms with van der Waals surface area (Å²) in [5, 5.41) is 2.19. The van der Waals surface area contributed by atoms with Crippen LogP contribution in [0.2, 0.25) is 0 Å². The lowest BCUT2D eigenvalue weighted by Crippen LogP contribution is -2.37. The molecule has 0 bridgehead atoms. The van der Waals surface area contributed by atoms with Crippen LogP contribution < -0.4 is 11.1 Å². The fourth-order valence-corrected chi connectivity index (χ4v) is 0.993. The molecule has 1 fully saturated rings. The Balaban J connectivity index is 2.81. The summed E-state index contributed by atoms with van der Waals surface area (Å²) in [6, 6.07) is 0. The fourth-order valence-electron chi connectivity index (χ4n) is 0.993. The quantitative estimate of drug-likeness (QED) is 0.370. The second kappa shape index (κ2) is 2.74. The van der Waals surface area contributed by atoms with Gasteiger partial charge in [0.2, 0.25) is 5.91 Å². The Bertz CT molecular complexity index is 239. The molecule has 1 rings (SSSR count). The molecule has 2 amide bonds. The Kier molecular flexibility index (Phi) is 1.94. The molecule has 1 aliphatic heterocycles. The molecule has 1 aliphatic rings. The molecule has 4 heteroatoms. The maximum atomic E-state index is 11.0. The smallest absolute Gasteiger partial charge is 0.255 e. The van der Waals surface area contributed by atoms with Crippen molar-refractivity contribution < 1.29 is 9.59 Å². The van der Waals surface area contributed by atoms with Crippen LogP contribution in [0.3, 0.4) is 0 Å². The maximum Gasteiger partial charge on any atom is 0.255 e. The van der Waals surface area contributed by atoms with Crippen molar-refractivity contribution in [2.24, 2.45) is 5.73 Å². The summed E-state index contributed by atoms with van der Waals surface area (Å²) < 4.78 is 0. The van der Waals surface area contributed by atoms with E-state index in [1.54, 1.807) is 6.92 Å². The minimum Gasteiger partial charge on any atom is -0.402 e. The van der Waals surface area contributed by atoms with Gasteiger partial charge in [0.05, 0.1) is 0 Å². The van der Waals surface area contributed by atoms with Crippen LogP contribution in [0, 0.1) is 0 Å². The Morgan fingerprint density at radius 1 is 1.45 bits per heavy atom. The second-order valence-corrected chi connectivity index (χ2v) is 2.54. The summed E-state index contributed by atoms with van der Waals surface area (Å²) in [6.45, 7) is 1.66. The van der Waals surface area contributed by atoms with E-state index in [1.165, 1.54) is 0 Å². The number of nitrogens with two attached hydrogens (primary N) is 1. The first-order valence-corrected chi connectivity index (χ1v) is 3.40. The Hall–Kier alpha value is -1.32. The van der Waals surface area contributed by atoms with E-state index in [0.717, 1.165) is 0 Å². The third kappa shape index (κ3) is 1.58. The van der Waals surface area contributed by atoms with Gasteiger partial charge in [-0.25, -0.2) is 0 Å². The molecule has 0 aliphatic carbocycles. The van der Waals surface area contributed by atoms with Crippen LogP contribution in [0.25, 0.3) is 0 Å². The van der Waals surface area contributed by atoms with E-state index in [1.807, 2.05) is 0 Å².